The molecule has 29 heavy (non-hydrogen) atoms. The third-order valence-electron chi connectivity index (χ3n) is 4.37. The van der Waals surface area contributed by atoms with Crippen LogP contribution in [0.5, 0.6) is 5.75 Å². The molecule has 0 amide bonds. The zero-order chi connectivity index (χ0) is 21.2. The van der Waals surface area contributed by atoms with Gasteiger partial charge in [0.05, 0.1) is 17.6 Å². The molecule has 5 N–H and O–H groups in total. The first kappa shape index (κ1) is 21.6. The average Bonchev–Trinajstić information content (AvgIpc) is 3.14. The second-order valence-corrected chi connectivity index (χ2v) is 8.05. The molecule has 12 nitrogen and oxygen atoms in total. The fraction of sp³-hybridized carbons (Fsp3) is 0.500. The van der Waals surface area contributed by atoms with Crippen LogP contribution in [0.1, 0.15) is 5.69 Å². The zero-order valence-corrected chi connectivity index (χ0v) is 16.2. The summed E-state index contributed by atoms with van der Waals surface area (Å²) in [6, 6.07) is 5.72. The normalized spacial score (nSPS) is 27.7. The minimum absolute atomic E-state index is 0.00415. The number of rotatable bonds is 7. The second kappa shape index (κ2) is 8.71. The van der Waals surface area contributed by atoms with Crippen LogP contribution in [0, 0.1) is 0 Å². The Morgan fingerprint density at radius 2 is 2.00 bits per heavy atom. The molecule has 5 atom stereocenters. The Kier molecular flexibility index (Phi) is 6.48. The number of nitrogens with zero attached hydrogens (tertiary/aromatic N) is 3. The molecule has 2 heterocycles. The van der Waals surface area contributed by atoms with Gasteiger partial charge in [0, 0.05) is 13.2 Å². The average molecular weight is 430 g/mol. The van der Waals surface area contributed by atoms with Crippen molar-refractivity contribution in [1.29, 1.82) is 0 Å². The lowest BCUT2D eigenvalue weighted by atomic mass is 9.99. The maximum absolute atomic E-state index is 11.4. The highest BCUT2D eigenvalue weighted by Crippen LogP contribution is 2.23. The van der Waals surface area contributed by atoms with E-state index in [0.717, 1.165) is 0 Å². The predicted molar refractivity (Wildman–Crippen MR) is 95.9 cm³/mol. The molecule has 3 rings (SSSR count). The molecule has 1 aliphatic rings. The van der Waals surface area contributed by atoms with Crippen LogP contribution in [0.15, 0.2) is 35.4 Å². The van der Waals surface area contributed by atoms with Crippen LogP contribution in [0.2, 0.25) is 0 Å². The molecule has 1 aromatic heterocycles. The van der Waals surface area contributed by atoms with Gasteiger partial charge in [-0.3, -0.25) is 0 Å². The van der Waals surface area contributed by atoms with Gasteiger partial charge < -0.3 is 29.5 Å². The maximum Gasteiger partial charge on any atom is 0.238 e. The van der Waals surface area contributed by atoms with Crippen molar-refractivity contribution in [3.05, 3.63) is 36.2 Å². The summed E-state index contributed by atoms with van der Waals surface area (Å²) in [5, 5.41) is 42.7. The summed E-state index contributed by atoms with van der Waals surface area (Å²) in [7, 11) is -2.53. The van der Waals surface area contributed by atoms with Gasteiger partial charge in [-0.15, -0.1) is 5.10 Å². The summed E-state index contributed by atoms with van der Waals surface area (Å²) in [5.74, 6) is 0.289. The molecule has 0 spiro atoms. The number of aliphatic hydroxyl groups is 3. The number of methoxy groups -OCH3 is 1. The van der Waals surface area contributed by atoms with E-state index in [0.29, 0.717) is 5.69 Å². The first-order valence-electron chi connectivity index (χ1n) is 8.56. The number of benzene rings is 1. The van der Waals surface area contributed by atoms with E-state index >= 15 is 0 Å². The first-order chi connectivity index (χ1) is 13.7. The van der Waals surface area contributed by atoms with Crippen molar-refractivity contribution in [2.45, 2.75) is 48.8 Å². The lowest BCUT2D eigenvalue weighted by molar-refractivity contribution is -0.292. The van der Waals surface area contributed by atoms with E-state index in [1.165, 1.54) is 30.0 Å². The maximum atomic E-state index is 11.4. The molecule has 1 aromatic carbocycles. The van der Waals surface area contributed by atoms with Gasteiger partial charge in [-0.2, -0.15) is 0 Å². The molecule has 1 saturated heterocycles. The van der Waals surface area contributed by atoms with Gasteiger partial charge in [0.1, 0.15) is 42.5 Å². The summed E-state index contributed by atoms with van der Waals surface area (Å²) in [5.41, 5.74) is 0.431. The largest absolute Gasteiger partial charge is 0.487 e. The number of hydrogen-bond acceptors (Lipinski definition) is 10. The van der Waals surface area contributed by atoms with Crippen molar-refractivity contribution >= 4 is 10.0 Å². The van der Waals surface area contributed by atoms with Gasteiger partial charge in [0.15, 0.2) is 6.29 Å². The Hall–Kier alpha value is -2.13. The molecule has 0 bridgehead atoms. The summed E-state index contributed by atoms with van der Waals surface area (Å²) < 4.78 is 40.1. The Balaban J connectivity index is 1.61. The van der Waals surface area contributed by atoms with E-state index < -0.39 is 40.7 Å². The molecule has 0 saturated carbocycles. The van der Waals surface area contributed by atoms with Gasteiger partial charge in [-0.05, 0) is 12.1 Å². The van der Waals surface area contributed by atoms with Crippen molar-refractivity contribution in [1.82, 2.24) is 15.0 Å². The number of hydrogen-bond donors (Lipinski definition) is 4. The lowest BCUT2D eigenvalue weighted by Crippen LogP contribution is -2.58. The Labute approximate surface area is 166 Å². The molecule has 1 fully saturated rings. The highest BCUT2D eigenvalue weighted by atomic mass is 32.2. The summed E-state index contributed by atoms with van der Waals surface area (Å²) >= 11 is 0. The van der Waals surface area contributed by atoms with Gasteiger partial charge in [-0.1, -0.05) is 11.3 Å². The Morgan fingerprint density at radius 1 is 1.24 bits per heavy atom. The van der Waals surface area contributed by atoms with Crippen LogP contribution in [0.3, 0.4) is 0 Å². The summed E-state index contributed by atoms with van der Waals surface area (Å²) in [6.07, 6.45) is -4.59. The van der Waals surface area contributed by atoms with Gasteiger partial charge >= 0.3 is 0 Å². The van der Waals surface area contributed by atoms with E-state index in [2.05, 4.69) is 10.3 Å². The predicted octanol–water partition coefficient (Wildman–Crippen LogP) is -2.04. The van der Waals surface area contributed by atoms with Gasteiger partial charge in [0.25, 0.3) is 0 Å². The molecule has 2 aromatic rings. The topological polar surface area (TPSA) is 179 Å². The lowest BCUT2D eigenvalue weighted by Gasteiger charge is -2.39. The van der Waals surface area contributed by atoms with Crippen LogP contribution < -0.4 is 9.88 Å². The van der Waals surface area contributed by atoms with E-state index in [1.807, 2.05) is 0 Å². The molecule has 160 valence electrons. The number of aliphatic hydroxyl groups excluding tert-OH is 3. The number of aromatic nitrogens is 3. The van der Waals surface area contributed by atoms with E-state index in [4.69, 9.17) is 19.3 Å². The molecular weight excluding hydrogens is 408 g/mol. The SMILES string of the molecule is CO[C@@H]1O[C@H](Cn2cc(COc3cccc(S(N)(=O)=O)c3)nn2)[C@@H](O)[C@H](O)[C@H]1O. The zero-order valence-electron chi connectivity index (χ0n) is 15.4. The summed E-state index contributed by atoms with van der Waals surface area (Å²) in [4.78, 5) is -0.0736. The highest BCUT2D eigenvalue weighted by molar-refractivity contribution is 7.89. The van der Waals surface area contributed by atoms with Crippen LogP contribution in [0.4, 0.5) is 0 Å². The molecule has 0 unspecified atom stereocenters. The van der Waals surface area contributed by atoms with Crippen LogP contribution >= 0.6 is 0 Å². The molecule has 0 aliphatic carbocycles. The molecule has 13 heteroatoms. The number of ether oxygens (including phenoxy) is 3. The fourth-order valence-corrected chi connectivity index (χ4v) is 3.39. The third kappa shape index (κ3) is 5.08. The van der Waals surface area contributed by atoms with Gasteiger partial charge in [-0.25, -0.2) is 18.2 Å². The van der Waals surface area contributed by atoms with Gasteiger partial charge in [0.2, 0.25) is 10.0 Å². The Morgan fingerprint density at radius 3 is 2.69 bits per heavy atom. The minimum atomic E-state index is -3.84. The van der Waals surface area contributed by atoms with Crippen LogP contribution in [-0.2, 0) is 32.6 Å². The monoisotopic (exact) mass is 430 g/mol. The van der Waals surface area contributed by atoms with Crippen molar-refractivity contribution in [3.63, 3.8) is 0 Å². The fourth-order valence-electron chi connectivity index (χ4n) is 2.84. The van der Waals surface area contributed by atoms with Crippen molar-refractivity contribution < 1.29 is 37.9 Å². The molecule has 1 aliphatic heterocycles. The van der Waals surface area contributed by atoms with Crippen molar-refractivity contribution in [2.75, 3.05) is 7.11 Å². The number of nitrogens with two attached hydrogens (primary N) is 1. The number of sulfonamides is 1. The van der Waals surface area contributed by atoms with E-state index in [1.54, 1.807) is 12.3 Å². The standard InChI is InChI=1S/C16H22N4O8S/c1-26-16-15(23)14(22)13(21)12(28-16)7-20-6-9(18-19-20)8-27-10-3-2-4-11(5-10)29(17,24)25/h2-6,12-16,21-23H,7-8H2,1H3,(H2,17,24,25)/t12-,13-,14+,15-,16-/m1/s1. The Bertz CT molecular complexity index is 935. The number of primary sulfonamides is 1. The summed E-state index contributed by atoms with van der Waals surface area (Å²) in [6.45, 7) is 0.0445. The molecule has 0 radical (unpaired) electrons. The molecular formula is C16H22N4O8S. The highest BCUT2D eigenvalue weighted by Gasteiger charge is 2.44. The first-order valence-corrected chi connectivity index (χ1v) is 10.1. The third-order valence-corrected chi connectivity index (χ3v) is 5.29. The van der Waals surface area contributed by atoms with E-state index in [9.17, 15) is 23.7 Å². The minimum Gasteiger partial charge on any atom is -0.487 e. The van der Waals surface area contributed by atoms with Crippen LogP contribution in [0.25, 0.3) is 0 Å². The van der Waals surface area contributed by atoms with Crippen molar-refractivity contribution in [2.24, 2.45) is 5.14 Å². The second-order valence-electron chi connectivity index (χ2n) is 6.49. The van der Waals surface area contributed by atoms with Crippen LogP contribution in [-0.4, -0.2) is 76.5 Å². The van der Waals surface area contributed by atoms with Crippen molar-refractivity contribution in [3.8, 4) is 5.75 Å². The quantitative estimate of drug-likeness (QED) is 0.382. The van der Waals surface area contributed by atoms with E-state index in [-0.39, 0.29) is 23.8 Å². The smallest absolute Gasteiger partial charge is 0.238 e.